The van der Waals surface area contributed by atoms with Crippen LogP contribution < -0.4 is 5.43 Å². The number of hydrogen-bond donors (Lipinski definition) is 1. The summed E-state index contributed by atoms with van der Waals surface area (Å²) in [5.74, 6) is -1.04. The van der Waals surface area contributed by atoms with Gasteiger partial charge in [0.2, 0.25) is 10.0 Å². The summed E-state index contributed by atoms with van der Waals surface area (Å²) in [6.07, 6.45) is 1.39. The Bertz CT molecular complexity index is 1240. The van der Waals surface area contributed by atoms with Crippen LogP contribution in [0.1, 0.15) is 15.9 Å². The van der Waals surface area contributed by atoms with E-state index in [0.29, 0.717) is 11.1 Å². The van der Waals surface area contributed by atoms with Crippen molar-refractivity contribution in [1.29, 1.82) is 0 Å². The maximum atomic E-state index is 12.8. The quantitative estimate of drug-likeness (QED) is 0.346. The lowest BCUT2D eigenvalue weighted by Crippen LogP contribution is -2.36. The molecular formula is C22H21N3O5S. The van der Waals surface area contributed by atoms with E-state index in [9.17, 15) is 18.0 Å². The van der Waals surface area contributed by atoms with Gasteiger partial charge in [-0.1, -0.05) is 42.5 Å². The third-order valence-electron chi connectivity index (χ3n) is 4.53. The number of methoxy groups -OCH3 is 1. The lowest BCUT2D eigenvalue weighted by molar-refractivity contribution is -0.121. The molecule has 1 N–H and O–H groups in total. The Morgan fingerprint density at radius 1 is 1.03 bits per heavy atom. The van der Waals surface area contributed by atoms with Crippen LogP contribution in [0.25, 0.3) is 10.8 Å². The van der Waals surface area contributed by atoms with Crippen LogP contribution in [0.15, 0.2) is 76.7 Å². The summed E-state index contributed by atoms with van der Waals surface area (Å²) in [6, 6.07) is 18.7. The number of fused-ring (bicyclic) bond motifs is 1. The van der Waals surface area contributed by atoms with E-state index in [2.05, 4.69) is 15.3 Å². The molecule has 0 bridgehead atoms. The molecule has 3 rings (SSSR count). The maximum Gasteiger partial charge on any atom is 0.337 e. The average Bonchev–Trinajstić information content (AvgIpc) is 2.78. The number of nitrogens with zero attached hydrogens (tertiary/aromatic N) is 2. The molecule has 0 aliphatic rings. The number of carbonyl (C=O) groups excluding carboxylic acids is 2. The second-order valence-electron chi connectivity index (χ2n) is 6.68. The number of rotatable bonds is 7. The van der Waals surface area contributed by atoms with E-state index in [-0.39, 0.29) is 4.90 Å². The molecule has 0 radical (unpaired) electrons. The predicted octanol–water partition coefficient (Wildman–Crippen LogP) is 2.40. The highest BCUT2D eigenvalue weighted by molar-refractivity contribution is 7.89. The topological polar surface area (TPSA) is 105 Å². The van der Waals surface area contributed by atoms with Gasteiger partial charge in [0, 0.05) is 7.05 Å². The van der Waals surface area contributed by atoms with Gasteiger partial charge < -0.3 is 4.74 Å². The number of esters is 1. The smallest absolute Gasteiger partial charge is 0.337 e. The van der Waals surface area contributed by atoms with Gasteiger partial charge in [0.25, 0.3) is 5.91 Å². The van der Waals surface area contributed by atoms with Gasteiger partial charge in [0.15, 0.2) is 0 Å². The first-order valence-electron chi connectivity index (χ1n) is 9.26. The monoisotopic (exact) mass is 439 g/mol. The molecule has 0 heterocycles. The molecule has 0 fully saturated rings. The normalized spacial score (nSPS) is 11.7. The number of benzene rings is 3. The van der Waals surface area contributed by atoms with Gasteiger partial charge in [0.1, 0.15) is 0 Å². The summed E-state index contributed by atoms with van der Waals surface area (Å²) in [4.78, 5) is 23.6. The standard InChI is InChI=1S/C22H21N3O5S/c1-25(31(28,29)20-12-11-17-5-3-4-6-19(17)13-20)15-21(26)24-23-14-16-7-9-18(10-8-16)22(27)30-2/h3-14H,15H2,1-2H3,(H,24,26)/b23-14-. The van der Waals surface area contributed by atoms with Crippen molar-refractivity contribution < 1.29 is 22.7 Å². The number of ether oxygens (including phenoxy) is 1. The second kappa shape index (κ2) is 9.50. The van der Waals surface area contributed by atoms with Crippen LogP contribution >= 0.6 is 0 Å². The highest BCUT2D eigenvalue weighted by Gasteiger charge is 2.23. The molecule has 31 heavy (non-hydrogen) atoms. The van der Waals surface area contributed by atoms with E-state index in [1.54, 1.807) is 36.4 Å². The van der Waals surface area contributed by atoms with Crippen LogP contribution in [-0.2, 0) is 19.6 Å². The molecular weight excluding hydrogens is 418 g/mol. The number of amides is 1. The number of nitrogens with one attached hydrogen (secondary N) is 1. The van der Waals surface area contributed by atoms with Crippen LogP contribution in [-0.4, -0.2) is 51.5 Å². The average molecular weight is 439 g/mol. The van der Waals surface area contributed by atoms with E-state index >= 15 is 0 Å². The SMILES string of the molecule is COC(=O)c1ccc(/C=N\NC(=O)CN(C)S(=O)(=O)c2ccc3ccccc3c2)cc1. The third-order valence-corrected chi connectivity index (χ3v) is 6.33. The summed E-state index contributed by atoms with van der Waals surface area (Å²) in [5, 5.41) is 5.55. The second-order valence-corrected chi connectivity index (χ2v) is 8.72. The van der Waals surface area contributed by atoms with Crippen molar-refractivity contribution in [3.8, 4) is 0 Å². The summed E-state index contributed by atoms with van der Waals surface area (Å²) in [6.45, 7) is -0.395. The van der Waals surface area contributed by atoms with Crippen molar-refractivity contribution >= 4 is 38.9 Å². The first-order chi connectivity index (χ1) is 14.8. The molecule has 3 aromatic carbocycles. The molecule has 160 valence electrons. The molecule has 0 aromatic heterocycles. The Labute approximate surface area is 180 Å². The molecule has 0 aliphatic heterocycles. The van der Waals surface area contributed by atoms with Gasteiger partial charge in [-0.3, -0.25) is 4.79 Å². The fourth-order valence-electron chi connectivity index (χ4n) is 2.83. The number of likely N-dealkylation sites (N-methyl/N-ethyl adjacent to an activating group) is 1. The Morgan fingerprint density at radius 3 is 2.39 bits per heavy atom. The molecule has 0 saturated carbocycles. The van der Waals surface area contributed by atoms with Crippen LogP contribution in [0, 0.1) is 0 Å². The van der Waals surface area contributed by atoms with Crippen LogP contribution in [0.3, 0.4) is 0 Å². The minimum absolute atomic E-state index is 0.107. The first-order valence-corrected chi connectivity index (χ1v) is 10.7. The van der Waals surface area contributed by atoms with E-state index in [0.717, 1.165) is 15.1 Å². The first kappa shape index (κ1) is 22.1. The molecule has 0 saturated heterocycles. The van der Waals surface area contributed by atoms with Gasteiger partial charge in [-0.25, -0.2) is 18.6 Å². The van der Waals surface area contributed by atoms with Gasteiger partial charge >= 0.3 is 5.97 Å². The summed E-state index contributed by atoms with van der Waals surface area (Å²) in [7, 11) is -1.21. The van der Waals surface area contributed by atoms with Gasteiger partial charge in [-0.15, -0.1) is 0 Å². The Hall–Kier alpha value is -3.56. The van der Waals surface area contributed by atoms with E-state index < -0.39 is 28.4 Å². The minimum Gasteiger partial charge on any atom is -0.465 e. The van der Waals surface area contributed by atoms with Crippen LogP contribution in [0.4, 0.5) is 0 Å². The van der Waals surface area contributed by atoms with Crippen molar-refractivity contribution in [2.24, 2.45) is 5.10 Å². The highest BCUT2D eigenvalue weighted by Crippen LogP contribution is 2.21. The third kappa shape index (κ3) is 5.33. The van der Waals surface area contributed by atoms with E-state index in [1.165, 1.54) is 26.4 Å². The number of sulfonamides is 1. The molecule has 9 heteroatoms. The van der Waals surface area contributed by atoms with Crippen molar-refractivity contribution in [2.75, 3.05) is 20.7 Å². The lowest BCUT2D eigenvalue weighted by atomic mass is 10.1. The summed E-state index contributed by atoms with van der Waals surface area (Å²) in [5.41, 5.74) is 3.33. The van der Waals surface area contributed by atoms with E-state index in [1.807, 2.05) is 24.3 Å². The summed E-state index contributed by atoms with van der Waals surface area (Å²) < 4.78 is 31.2. The summed E-state index contributed by atoms with van der Waals surface area (Å²) >= 11 is 0. The minimum atomic E-state index is -3.84. The van der Waals surface area contributed by atoms with E-state index in [4.69, 9.17) is 0 Å². The molecule has 3 aromatic rings. The molecule has 0 atom stereocenters. The Morgan fingerprint density at radius 2 is 1.71 bits per heavy atom. The molecule has 8 nitrogen and oxygen atoms in total. The van der Waals surface area contributed by atoms with Gasteiger partial charge in [-0.2, -0.15) is 9.41 Å². The molecule has 1 amide bonds. The molecule has 0 spiro atoms. The molecule has 0 unspecified atom stereocenters. The Kier molecular flexibility index (Phi) is 6.78. The van der Waals surface area contributed by atoms with Crippen LogP contribution in [0.5, 0.6) is 0 Å². The number of hydrogen-bond acceptors (Lipinski definition) is 6. The highest BCUT2D eigenvalue weighted by atomic mass is 32.2. The fourth-order valence-corrected chi connectivity index (χ4v) is 4.00. The number of hydrazone groups is 1. The van der Waals surface area contributed by atoms with Crippen molar-refractivity contribution in [3.63, 3.8) is 0 Å². The Balaban J connectivity index is 1.61. The predicted molar refractivity (Wildman–Crippen MR) is 117 cm³/mol. The lowest BCUT2D eigenvalue weighted by Gasteiger charge is -2.16. The zero-order valence-corrected chi connectivity index (χ0v) is 17.8. The van der Waals surface area contributed by atoms with Crippen LogP contribution in [0.2, 0.25) is 0 Å². The number of carbonyl (C=O) groups is 2. The maximum absolute atomic E-state index is 12.8. The largest absolute Gasteiger partial charge is 0.465 e. The van der Waals surface area contributed by atoms with Gasteiger partial charge in [-0.05, 0) is 40.6 Å². The van der Waals surface area contributed by atoms with Crippen molar-refractivity contribution in [1.82, 2.24) is 9.73 Å². The zero-order valence-electron chi connectivity index (χ0n) is 17.0. The van der Waals surface area contributed by atoms with Crippen molar-refractivity contribution in [3.05, 3.63) is 77.9 Å². The molecule has 0 aliphatic carbocycles. The van der Waals surface area contributed by atoms with Crippen molar-refractivity contribution in [2.45, 2.75) is 4.90 Å². The zero-order chi connectivity index (χ0) is 22.4. The van der Waals surface area contributed by atoms with Gasteiger partial charge in [0.05, 0.1) is 30.3 Å². The fraction of sp³-hybridized carbons (Fsp3) is 0.136.